The van der Waals surface area contributed by atoms with Crippen LogP contribution in [-0.2, 0) is 24.3 Å². The van der Waals surface area contributed by atoms with Gasteiger partial charge in [-0.05, 0) is 38.3 Å². The number of nitrogens with one attached hydrogen (secondary N) is 2. The Labute approximate surface area is 172 Å². The number of aliphatic imine (C=N–C) groups is 1. The van der Waals surface area contributed by atoms with Crippen molar-refractivity contribution in [3.63, 3.8) is 0 Å². The first-order chi connectivity index (χ1) is 14.3. The third-order valence-corrected chi connectivity index (χ3v) is 4.69. The van der Waals surface area contributed by atoms with Crippen molar-refractivity contribution in [3.05, 3.63) is 42.0 Å². The molecule has 0 radical (unpaired) electrons. The number of nitrogens with zero attached hydrogens (tertiary/aromatic N) is 4. The van der Waals surface area contributed by atoms with Crippen molar-refractivity contribution >= 4 is 5.96 Å². The Kier molecular flexibility index (Phi) is 8.30. The lowest BCUT2D eigenvalue weighted by Crippen LogP contribution is -2.47. The number of aryl methyl sites for hydroxylation is 1. The van der Waals surface area contributed by atoms with Gasteiger partial charge in [0.1, 0.15) is 18.2 Å². The van der Waals surface area contributed by atoms with E-state index in [0.29, 0.717) is 19.3 Å². The van der Waals surface area contributed by atoms with E-state index >= 15 is 0 Å². The van der Waals surface area contributed by atoms with Crippen molar-refractivity contribution in [2.45, 2.75) is 51.8 Å². The smallest absolute Gasteiger partial charge is 0.191 e. The van der Waals surface area contributed by atoms with E-state index in [4.69, 9.17) is 14.5 Å². The predicted octanol–water partition coefficient (Wildman–Crippen LogP) is 2.15. The standard InChI is InChI=1S/C21H32N6O2/c1-3-22-21(23-13-7-8-14-29-18-9-5-4-6-10-18)24-17-11-12-20-25-19(16-28-2)26-27(20)15-17/h4-6,9-10,17H,3,7-8,11-16H2,1-2H3,(H2,22,23,24). The maximum absolute atomic E-state index is 5.73. The molecule has 2 heterocycles. The van der Waals surface area contributed by atoms with Gasteiger partial charge >= 0.3 is 0 Å². The van der Waals surface area contributed by atoms with Gasteiger partial charge in [-0.2, -0.15) is 5.10 Å². The number of hydrogen-bond acceptors (Lipinski definition) is 5. The van der Waals surface area contributed by atoms with Crippen LogP contribution in [0.4, 0.5) is 0 Å². The van der Waals surface area contributed by atoms with Crippen molar-refractivity contribution < 1.29 is 9.47 Å². The lowest BCUT2D eigenvalue weighted by Gasteiger charge is -2.25. The van der Waals surface area contributed by atoms with Crippen LogP contribution in [0.1, 0.15) is 37.8 Å². The molecule has 3 rings (SSSR count). The maximum Gasteiger partial charge on any atom is 0.191 e. The Balaban J connectivity index is 1.41. The van der Waals surface area contributed by atoms with Gasteiger partial charge in [0, 0.05) is 32.7 Å². The minimum Gasteiger partial charge on any atom is -0.494 e. The number of guanidine groups is 1. The summed E-state index contributed by atoms with van der Waals surface area (Å²) in [5.74, 6) is 3.57. The van der Waals surface area contributed by atoms with Gasteiger partial charge in [0.25, 0.3) is 0 Å². The zero-order valence-corrected chi connectivity index (χ0v) is 17.4. The highest BCUT2D eigenvalue weighted by Crippen LogP contribution is 2.13. The Morgan fingerprint density at radius 1 is 1.28 bits per heavy atom. The molecule has 0 fully saturated rings. The molecule has 0 bridgehead atoms. The topological polar surface area (TPSA) is 85.6 Å². The van der Waals surface area contributed by atoms with Crippen LogP contribution in [0.5, 0.6) is 5.75 Å². The highest BCUT2D eigenvalue weighted by molar-refractivity contribution is 5.80. The third kappa shape index (κ3) is 6.74. The Morgan fingerprint density at radius 2 is 2.14 bits per heavy atom. The van der Waals surface area contributed by atoms with Gasteiger partial charge in [-0.25, -0.2) is 9.67 Å². The van der Waals surface area contributed by atoms with Crippen LogP contribution in [0.15, 0.2) is 35.3 Å². The number of rotatable bonds is 10. The summed E-state index contributed by atoms with van der Waals surface area (Å²) in [7, 11) is 1.66. The Bertz CT molecular complexity index is 762. The average Bonchev–Trinajstić information content (AvgIpc) is 3.13. The molecule has 8 heteroatoms. The molecule has 158 valence electrons. The van der Waals surface area contributed by atoms with E-state index in [-0.39, 0.29) is 0 Å². The minimum absolute atomic E-state index is 0.291. The summed E-state index contributed by atoms with van der Waals surface area (Å²) < 4.78 is 12.9. The largest absolute Gasteiger partial charge is 0.494 e. The number of fused-ring (bicyclic) bond motifs is 1. The van der Waals surface area contributed by atoms with Gasteiger partial charge in [-0.15, -0.1) is 0 Å². The second-order valence-corrected chi connectivity index (χ2v) is 7.07. The van der Waals surface area contributed by atoms with E-state index in [1.807, 2.05) is 35.0 Å². The molecule has 0 spiro atoms. The van der Waals surface area contributed by atoms with Crippen LogP contribution in [0, 0.1) is 0 Å². The number of hydrogen-bond donors (Lipinski definition) is 2. The molecule has 2 aromatic rings. The van der Waals surface area contributed by atoms with E-state index in [0.717, 1.165) is 68.7 Å². The summed E-state index contributed by atoms with van der Waals surface area (Å²) >= 11 is 0. The van der Waals surface area contributed by atoms with E-state index in [1.54, 1.807) is 7.11 Å². The molecule has 0 saturated heterocycles. The molecule has 0 amide bonds. The molecule has 1 aliphatic rings. The normalized spacial score (nSPS) is 16.3. The molecule has 0 aliphatic carbocycles. The van der Waals surface area contributed by atoms with Gasteiger partial charge < -0.3 is 20.1 Å². The van der Waals surface area contributed by atoms with Gasteiger partial charge in [0.2, 0.25) is 0 Å². The van der Waals surface area contributed by atoms with Crippen molar-refractivity contribution in [2.75, 3.05) is 26.8 Å². The number of benzene rings is 1. The SMILES string of the molecule is CCNC(=NCCCCOc1ccccc1)NC1CCc2nc(COC)nn2C1. The van der Waals surface area contributed by atoms with Crippen LogP contribution in [0.25, 0.3) is 0 Å². The van der Waals surface area contributed by atoms with Crippen molar-refractivity contribution in [2.24, 2.45) is 4.99 Å². The van der Waals surface area contributed by atoms with Crippen LogP contribution >= 0.6 is 0 Å². The monoisotopic (exact) mass is 400 g/mol. The van der Waals surface area contributed by atoms with E-state index < -0.39 is 0 Å². The molecule has 1 aromatic heterocycles. The summed E-state index contributed by atoms with van der Waals surface area (Å²) in [6.07, 6.45) is 3.89. The average molecular weight is 401 g/mol. The van der Waals surface area contributed by atoms with Gasteiger partial charge in [0.15, 0.2) is 11.8 Å². The maximum atomic E-state index is 5.73. The second kappa shape index (κ2) is 11.4. The minimum atomic E-state index is 0.291. The summed E-state index contributed by atoms with van der Waals surface area (Å²) in [5, 5.41) is 11.4. The van der Waals surface area contributed by atoms with Crippen molar-refractivity contribution in [1.29, 1.82) is 0 Å². The number of aromatic nitrogens is 3. The summed E-state index contributed by atoms with van der Waals surface area (Å²) in [6.45, 7) is 5.65. The predicted molar refractivity (Wildman–Crippen MR) is 113 cm³/mol. The molecule has 1 aromatic carbocycles. The lowest BCUT2D eigenvalue weighted by atomic mass is 10.1. The molecule has 1 aliphatic heterocycles. The van der Waals surface area contributed by atoms with Crippen LogP contribution in [-0.4, -0.2) is 53.6 Å². The molecule has 29 heavy (non-hydrogen) atoms. The Morgan fingerprint density at radius 3 is 2.93 bits per heavy atom. The number of methoxy groups -OCH3 is 1. The zero-order valence-electron chi connectivity index (χ0n) is 17.4. The molecule has 8 nitrogen and oxygen atoms in total. The lowest BCUT2D eigenvalue weighted by molar-refractivity contribution is 0.177. The molecule has 2 N–H and O–H groups in total. The van der Waals surface area contributed by atoms with Crippen LogP contribution in [0.2, 0.25) is 0 Å². The molecule has 1 atom stereocenters. The fourth-order valence-electron chi connectivity index (χ4n) is 3.29. The van der Waals surface area contributed by atoms with Crippen molar-refractivity contribution in [3.8, 4) is 5.75 Å². The van der Waals surface area contributed by atoms with E-state index in [1.165, 1.54) is 0 Å². The fourth-order valence-corrected chi connectivity index (χ4v) is 3.29. The number of para-hydroxylation sites is 1. The van der Waals surface area contributed by atoms with Crippen molar-refractivity contribution in [1.82, 2.24) is 25.4 Å². The number of ether oxygens (including phenoxy) is 2. The third-order valence-electron chi connectivity index (χ3n) is 4.69. The van der Waals surface area contributed by atoms with Gasteiger partial charge in [-0.1, -0.05) is 18.2 Å². The highest BCUT2D eigenvalue weighted by atomic mass is 16.5. The van der Waals surface area contributed by atoms with Gasteiger partial charge in [-0.3, -0.25) is 4.99 Å². The van der Waals surface area contributed by atoms with Crippen LogP contribution in [0.3, 0.4) is 0 Å². The second-order valence-electron chi connectivity index (χ2n) is 7.07. The van der Waals surface area contributed by atoms with E-state index in [9.17, 15) is 0 Å². The quantitative estimate of drug-likeness (QED) is 0.361. The zero-order chi connectivity index (χ0) is 20.3. The first-order valence-corrected chi connectivity index (χ1v) is 10.4. The van der Waals surface area contributed by atoms with E-state index in [2.05, 4.69) is 27.6 Å². The molecule has 0 saturated carbocycles. The summed E-state index contributed by atoms with van der Waals surface area (Å²) in [6, 6.07) is 10.2. The number of unbranched alkanes of at least 4 members (excludes halogenated alkanes) is 1. The van der Waals surface area contributed by atoms with Crippen LogP contribution < -0.4 is 15.4 Å². The highest BCUT2D eigenvalue weighted by Gasteiger charge is 2.22. The first kappa shape index (κ1) is 21.1. The first-order valence-electron chi connectivity index (χ1n) is 10.4. The summed E-state index contributed by atoms with van der Waals surface area (Å²) in [4.78, 5) is 9.25. The molecular formula is C21H32N6O2. The summed E-state index contributed by atoms with van der Waals surface area (Å²) in [5.41, 5.74) is 0. The van der Waals surface area contributed by atoms with Gasteiger partial charge in [0.05, 0.1) is 13.2 Å². The Hall–Kier alpha value is -2.61. The molecular weight excluding hydrogens is 368 g/mol. The fraction of sp³-hybridized carbons (Fsp3) is 0.571. The molecule has 1 unspecified atom stereocenters.